The molecule has 19 heavy (non-hydrogen) atoms. The predicted molar refractivity (Wildman–Crippen MR) is 76.3 cm³/mol. The molecule has 0 aliphatic rings. The fourth-order valence-corrected chi connectivity index (χ4v) is 2.64. The van der Waals surface area contributed by atoms with Crippen molar-refractivity contribution in [3.05, 3.63) is 52.0 Å². The lowest BCUT2D eigenvalue weighted by atomic mass is 10.1. The van der Waals surface area contributed by atoms with Crippen LogP contribution in [0.1, 0.15) is 22.7 Å². The number of ether oxygens (including phenoxy) is 1. The molecule has 0 bridgehead atoms. The molecule has 0 fully saturated rings. The minimum Gasteiger partial charge on any atom is -0.469 e. The molecule has 0 spiro atoms. The number of hydrogen-bond donors (Lipinski definition) is 0. The number of benzene rings is 1. The topological polar surface area (TPSA) is 39.2 Å². The van der Waals surface area contributed by atoms with Crippen LogP contribution in [0.2, 0.25) is 0 Å². The van der Waals surface area contributed by atoms with Crippen LogP contribution in [-0.2, 0) is 28.8 Å². The molecular weight excluding hydrogens is 258 g/mol. The molecule has 0 radical (unpaired) electrons. The third kappa shape index (κ3) is 4.48. The molecule has 3 nitrogen and oxygen atoms in total. The van der Waals surface area contributed by atoms with Gasteiger partial charge >= 0.3 is 5.97 Å². The monoisotopic (exact) mass is 275 g/mol. The molecular formula is C15H17NO2S. The summed E-state index contributed by atoms with van der Waals surface area (Å²) in [5, 5.41) is 3.16. The van der Waals surface area contributed by atoms with E-state index < -0.39 is 0 Å². The third-order valence-electron chi connectivity index (χ3n) is 2.88. The normalized spacial score (nSPS) is 10.4. The van der Waals surface area contributed by atoms with Crippen LogP contribution < -0.4 is 0 Å². The molecule has 0 atom stereocenters. The Bertz CT molecular complexity index is 522. The van der Waals surface area contributed by atoms with Gasteiger partial charge in [-0.25, -0.2) is 4.98 Å². The number of carbonyl (C=O) groups excluding carboxylic acids is 1. The first-order valence-electron chi connectivity index (χ1n) is 6.32. The fourth-order valence-electron chi connectivity index (χ4n) is 1.81. The van der Waals surface area contributed by atoms with Gasteiger partial charge in [-0.3, -0.25) is 4.79 Å². The van der Waals surface area contributed by atoms with Crippen molar-refractivity contribution in [2.24, 2.45) is 0 Å². The van der Waals surface area contributed by atoms with E-state index in [1.807, 2.05) is 11.4 Å². The van der Waals surface area contributed by atoms with Crippen molar-refractivity contribution in [1.82, 2.24) is 4.98 Å². The van der Waals surface area contributed by atoms with E-state index in [2.05, 4.69) is 34.0 Å². The lowest BCUT2D eigenvalue weighted by Gasteiger charge is -1.98. The molecule has 1 heterocycles. The minimum absolute atomic E-state index is 0.182. The average Bonchev–Trinajstić information content (AvgIpc) is 2.91. The summed E-state index contributed by atoms with van der Waals surface area (Å²) in [6.45, 7) is 0. The van der Waals surface area contributed by atoms with E-state index >= 15 is 0 Å². The summed E-state index contributed by atoms with van der Waals surface area (Å²) in [6, 6.07) is 10.4. The Morgan fingerprint density at radius 1 is 1.21 bits per heavy atom. The van der Waals surface area contributed by atoms with Crippen LogP contribution in [0.4, 0.5) is 0 Å². The Morgan fingerprint density at radius 2 is 2.00 bits per heavy atom. The number of carbonyl (C=O) groups is 1. The smallest absolute Gasteiger partial charge is 0.305 e. The highest BCUT2D eigenvalue weighted by Crippen LogP contribution is 2.14. The van der Waals surface area contributed by atoms with Crippen molar-refractivity contribution in [3.63, 3.8) is 0 Å². The van der Waals surface area contributed by atoms with Crippen LogP contribution in [0.15, 0.2) is 35.7 Å². The summed E-state index contributed by atoms with van der Waals surface area (Å²) in [5.74, 6) is -0.182. The number of hydrogen-bond acceptors (Lipinski definition) is 4. The number of aromatic nitrogens is 1. The first-order valence-corrected chi connectivity index (χ1v) is 7.20. The molecule has 100 valence electrons. The molecule has 1 aromatic carbocycles. The first-order chi connectivity index (χ1) is 9.28. The molecule has 0 N–H and O–H groups in total. The van der Waals surface area contributed by atoms with Gasteiger partial charge in [0.1, 0.15) is 0 Å². The van der Waals surface area contributed by atoms with E-state index in [-0.39, 0.29) is 5.97 Å². The van der Waals surface area contributed by atoms with Crippen LogP contribution in [0.3, 0.4) is 0 Å². The predicted octanol–water partition coefficient (Wildman–Crippen LogP) is 3.03. The Kier molecular flexibility index (Phi) is 5.10. The van der Waals surface area contributed by atoms with E-state index in [9.17, 15) is 4.79 Å². The molecule has 0 unspecified atom stereocenters. The highest BCUT2D eigenvalue weighted by molar-refractivity contribution is 7.09. The SMILES string of the molecule is COC(=O)CCc1csc(CCc2ccccc2)n1. The van der Waals surface area contributed by atoms with Crippen LogP contribution in [0, 0.1) is 0 Å². The lowest BCUT2D eigenvalue weighted by Crippen LogP contribution is -2.02. The van der Waals surface area contributed by atoms with Crippen LogP contribution in [0.5, 0.6) is 0 Å². The van der Waals surface area contributed by atoms with E-state index in [1.165, 1.54) is 12.7 Å². The minimum atomic E-state index is -0.182. The summed E-state index contributed by atoms with van der Waals surface area (Å²) in [4.78, 5) is 15.6. The fraction of sp³-hybridized carbons (Fsp3) is 0.333. The maximum Gasteiger partial charge on any atom is 0.305 e. The van der Waals surface area contributed by atoms with Crippen LogP contribution >= 0.6 is 11.3 Å². The van der Waals surface area contributed by atoms with Crippen molar-refractivity contribution >= 4 is 17.3 Å². The number of methoxy groups -OCH3 is 1. The summed E-state index contributed by atoms with van der Waals surface area (Å²) in [6.07, 6.45) is 3.02. The van der Waals surface area contributed by atoms with E-state index in [0.717, 1.165) is 23.5 Å². The Labute approximate surface area is 117 Å². The zero-order chi connectivity index (χ0) is 13.5. The van der Waals surface area contributed by atoms with Gasteiger partial charge < -0.3 is 4.74 Å². The molecule has 0 aliphatic carbocycles. The van der Waals surface area contributed by atoms with Gasteiger partial charge in [-0.1, -0.05) is 30.3 Å². The first kappa shape index (κ1) is 13.7. The number of aryl methyl sites for hydroxylation is 3. The second-order valence-corrected chi connectivity index (χ2v) is 5.24. The summed E-state index contributed by atoms with van der Waals surface area (Å²) >= 11 is 1.66. The standard InChI is InChI=1S/C15H17NO2S/c1-18-15(17)10-8-13-11-19-14(16-13)9-7-12-5-3-2-4-6-12/h2-6,11H,7-10H2,1H3. The molecule has 2 rings (SSSR count). The average molecular weight is 275 g/mol. The Morgan fingerprint density at radius 3 is 2.74 bits per heavy atom. The summed E-state index contributed by atoms with van der Waals surface area (Å²) in [5.41, 5.74) is 2.31. The Balaban J connectivity index is 1.82. The summed E-state index contributed by atoms with van der Waals surface area (Å²) in [7, 11) is 1.41. The molecule has 4 heteroatoms. The van der Waals surface area contributed by atoms with Gasteiger partial charge in [0, 0.05) is 18.2 Å². The molecule has 0 aliphatic heterocycles. The highest BCUT2D eigenvalue weighted by atomic mass is 32.1. The Hall–Kier alpha value is -1.68. The maximum absolute atomic E-state index is 11.1. The van der Waals surface area contributed by atoms with Gasteiger partial charge in [0.05, 0.1) is 24.2 Å². The maximum atomic E-state index is 11.1. The second-order valence-electron chi connectivity index (χ2n) is 4.29. The van der Waals surface area contributed by atoms with Gasteiger partial charge in [-0.2, -0.15) is 0 Å². The molecule has 1 aromatic heterocycles. The summed E-state index contributed by atoms with van der Waals surface area (Å²) < 4.78 is 4.62. The van der Waals surface area contributed by atoms with Gasteiger partial charge in [0.2, 0.25) is 0 Å². The third-order valence-corrected chi connectivity index (χ3v) is 3.84. The van der Waals surface area contributed by atoms with Crippen LogP contribution in [-0.4, -0.2) is 18.1 Å². The number of esters is 1. The van der Waals surface area contributed by atoms with E-state index in [4.69, 9.17) is 0 Å². The zero-order valence-electron chi connectivity index (χ0n) is 11.0. The van der Waals surface area contributed by atoms with Crippen molar-refractivity contribution in [1.29, 1.82) is 0 Å². The highest BCUT2D eigenvalue weighted by Gasteiger charge is 2.06. The van der Waals surface area contributed by atoms with Crippen molar-refractivity contribution in [3.8, 4) is 0 Å². The van der Waals surface area contributed by atoms with E-state index in [1.54, 1.807) is 11.3 Å². The molecule has 0 saturated heterocycles. The van der Waals surface area contributed by atoms with Crippen LogP contribution in [0.25, 0.3) is 0 Å². The van der Waals surface area contributed by atoms with Gasteiger partial charge in [-0.05, 0) is 12.0 Å². The van der Waals surface area contributed by atoms with Crippen molar-refractivity contribution in [2.45, 2.75) is 25.7 Å². The van der Waals surface area contributed by atoms with Crippen molar-refractivity contribution < 1.29 is 9.53 Å². The lowest BCUT2D eigenvalue weighted by molar-refractivity contribution is -0.140. The molecule has 0 saturated carbocycles. The zero-order valence-corrected chi connectivity index (χ0v) is 11.8. The number of thiazole rings is 1. The quantitative estimate of drug-likeness (QED) is 0.761. The molecule has 2 aromatic rings. The van der Waals surface area contributed by atoms with E-state index in [0.29, 0.717) is 12.8 Å². The number of rotatable bonds is 6. The largest absolute Gasteiger partial charge is 0.469 e. The van der Waals surface area contributed by atoms with Gasteiger partial charge in [-0.15, -0.1) is 11.3 Å². The van der Waals surface area contributed by atoms with Gasteiger partial charge in [0.25, 0.3) is 0 Å². The molecule has 0 amide bonds. The van der Waals surface area contributed by atoms with Crippen molar-refractivity contribution in [2.75, 3.05) is 7.11 Å². The number of nitrogens with zero attached hydrogens (tertiary/aromatic N) is 1. The van der Waals surface area contributed by atoms with Gasteiger partial charge in [0.15, 0.2) is 0 Å². The second kappa shape index (κ2) is 7.04.